The van der Waals surface area contributed by atoms with Crippen LogP contribution >= 0.6 is 0 Å². The second-order valence-electron chi connectivity index (χ2n) is 3.95. The number of methoxy groups -OCH3 is 1. The Kier molecular flexibility index (Phi) is 4.25. The molecular formula is C13H17N3O3. The molecule has 6 heteroatoms. The van der Waals surface area contributed by atoms with Gasteiger partial charge in [0.05, 0.1) is 20.3 Å². The molecule has 0 aliphatic heterocycles. The molecular weight excluding hydrogens is 246 g/mol. The third-order valence-electron chi connectivity index (χ3n) is 2.62. The maximum absolute atomic E-state index is 8.87. The van der Waals surface area contributed by atoms with Gasteiger partial charge in [-0.1, -0.05) is 12.1 Å². The smallest absolute Gasteiger partial charge is 0.161 e. The summed E-state index contributed by atoms with van der Waals surface area (Å²) in [6.45, 7) is 0.669. The Balaban J connectivity index is 2.04. The number of hydrogen-bond acceptors (Lipinski definition) is 5. The number of benzene rings is 1. The topological polar surface area (TPSA) is 82.5 Å². The van der Waals surface area contributed by atoms with E-state index in [-0.39, 0.29) is 6.61 Å². The third kappa shape index (κ3) is 3.17. The molecule has 3 N–H and O–H groups in total. The molecule has 1 aromatic heterocycles. The zero-order chi connectivity index (χ0) is 13.7. The first-order chi connectivity index (χ1) is 9.24. The minimum atomic E-state index is -0.00130. The number of nitrogens with two attached hydrogens (primary N) is 1. The Morgan fingerprint density at radius 1 is 1.32 bits per heavy atom. The van der Waals surface area contributed by atoms with E-state index in [1.807, 2.05) is 24.3 Å². The third-order valence-corrected chi connectivity index (χ3v) is 2.62. The maximum atomic E-state index is 8.87. The summed E-state index contributed by atoms with van der Waals surface area (Å²) in [7, 11) is 1.59. The SMILES string of the molecule is COc1ccccc1OCc1cc(N)n(CCO)n1. The first kappa shape index (κ1) is 13.2. The molecule has 0 saturated carbocycles. The first-order valence-corrected chi connectivity index (χ1v) is 5.93. The van der Waals surface area contributed by atoms with Gasteiger partial charge in [-0.2, -0.15) is 5.10 Å². The summed E-state index contributed by atoms with van der Waals surface area (Å²) in [5.74, 6) is 1.83. The lowest BCUT2D eigenvalue weighted by Crippen LogP contribution is -2.08. The van der Waals surface area contributed by atoms with Gasteiger partial charge in [-0.05, 0) is 12.1 Å². The maximum Gasteiger partial charge on any atom is 0.161 e. The van der Waals surface area contributed by atoms with Crippen molar-refractivity contribution in [2.24, 2.45) is 0 Å². The highest BCUT2D eigenvalue weighted by molar-refractivity contribution is 5.39. The number of ether oxygens (including phenoxy) is 2. The average Bonchev–Trinajstić information content (AvgIpc) is 2.78. The molecule has 0 radical (unpaired) electrons. The number of rotatable bonds is 6. The van der Waals surface area contributed by atoms with E-state index in [1.165, 1.54) is 0 Å². The van der Waals surface area contributed by atoms with Gasteiger partial charge in [-0.25, -0.2) is 4.68 Å². The molecule has 2 aromatic rings. The quantitative estimate of drug-likeness (QED) is 0.814. The molecule has 2 rings (SSSR count). The van der Waals surface area contributed by atoms with Gasteiger partial charge in [0, 0.05) is 6.07 Å². The Morgan fingerprint density at radius 2 is 2.05 bits per heavy atom. The molecule has 102 valence electrons. The van der Waals surface area contributed by atoms with Crippen LogP contribution in [0.25, 0.3) is 0 Å². The lowest BCUT2D eigenvalue weighted by Gasteiger charge is -2.08. The summed E-state index contributed by atoms with van der Waals surface area (Å²) in [6, 6.07) is 9.13. The van der Waals surface area contributed by atoms with Crippen molar-refractivity contribution in [3.8, 4) is 11.5 Å². The van der Waals surface area contributed by atoms with E-state index in [2.05, 4.69) is 5.10 Å². The standard InChI is InChI=1S/C13H17N3O3/c1-18-11-4-2-3-5-12(11)19-9-10-8-13(14)16(15-10)6-7-17/h2-5,8,17H,6-7,9,14H2,1H3. The summed E-state index contributed by atoms with van der Waals surface area (Å²) in [6.07, 6.45) is 0. The first-order valence-electron chi connectivity index (χ1n) is 5.93. The predicted molar refractivity (Wildman–Crippen MR) is 71.1 cm³/mol. The van der Waals surface area contributed by atoms with Crippen LogP contribution in [0.1, 0.15) is 5.69 Å². The Labute approximate surface area is 111 Å². The van der Waals surface area contributed by atoms with Crippen LogP contribution in [0.3, 0.4) is 0 Å². The van der Waals surface area contributed by atoms with Crippen molar-refractivity contribution >= 4 is 5.82 Å². The van der Waals surface area contributed by atoms with E-state index >= 15 is 0 Å². The molecule has 0 fully saturated rings. The Bertz CT molecular complexity index is 540. The van der Waals surface area contributed by atoms with Gasteiger partial charge >= 0.3 is 0 Å². The van der Waals surface area contributed by atoms with Crippen molar-refractivity contribution < 1.29 is 14.6 Å². The fourth-order valence-electron chi connectivity index (χ4n) is 1.72. The number of hydrogen-bond donors (Lipinski definition) is 2. The normalized spacial score (nSPS) is 10.4. The average molecular weight is 263 g/mol. The fourth-order valence-corrected chi connectivity index (χ4v) is 1.72. The van der Waals surface area contributed by atoms with Gasteiger partial charge in [0.15, 0.2) is 11.5 Å². The Morgan fingerprint density at radius 3 is 2.74 bits per heavy atom. The number of nitrogen functional groups attached to an aromatic ring is 1. The zero-order valence-corrected chi connectivity index (χ0v) is 10.7. The van der Waals surface area contributed by atoms with E-state index in [9.17, 15) is 0 Å². The van der Waals surface area contributed by atoms with E-state index in [1.54, 1.807) is 17.9 Å². The van der Waals surface area contributed by atoms with Crippen molar-refractivity contribution in [2.75, 3.05) is 19.5 Å². The summed E-state index contributed by atoms with van der Waals surface area (Å²) >= 11 is 0. The van der Waals surface area contributed by atoms with Crippen LogP contribution < -0.4 is 15.2 Å². The molecule has 0 aliphatic carbocycles. The molecule has 0 unspecified atom stereocenters. The summed E-state index contributed by atoms with van der Waals surface area (Å²) in [4.78, 5) is 0. The van der Waals surface area contributed by atoms with Gasteiger partial charge in [0.2, 0.25) is 0 Å². The van der Waals surface area contributed by atoms with Gasteiger partial charge in [-0.15, -0.1) is 0 Å². The van der Waals surface area contributed by atoms with Crippen LogP contribution in [0.5, 0.6) is 11.5 Å². The monoisotopic (exact) mass is 263 g/mol. The molecule has 1 aromatic carbocycles. The molecule has 0 atom stereocenters. The number of aromatic nitrogens is 2. The van der Waals surface area contributed by atoms with Gasteiger partial charge in [-0.3, -0.25) is 0 Å². The second kappa shape index (κ2) is 6.10. The lowest BCUT2D eigenvalue weighted by atomic mass is 10.3. The van der Waals surface area contributed by atoms with Crippen LogP contribution in [0.4, 0.5) is 5.82 Å². The molecule has 0 saturated heterocycles. The van der Waals surface area contributed by atoms with E-state index in [4.69, 9.17) is 20.3 Å². The molecule has 0 aliphatic rings. The highest BCUT2D eigenvalue weighted by Gasteiger charge is 2.07. The number of aliphatic hydroxyl groups excluding tert-OH is 1. The van der Waals surface area contributed by atoms with Gasteiger partial charge in [0.25, 0.3) is 0 Å². The fraction of sp³-hybridized carbons (Fsp3) is 0.308. The van der Waals surface area contributed by atoms with Gasteiger partial charge < -0.3 is 20.3 Å². The van der Waals surface area contributed by atoms with Crippen LogP contribution in [0, 0.1) is 0 Å². The highest BCUT2D eigenvalue weighted by atomic mass is 16.5. The van der Waals surface area contributed by atoms with Crippen molar-refractivity contribution in [1.29, 1.82) is 0 Å². The Hall–Kier alpha value is -2.21. The van der Waals surface area contributed by atoms with Crippen molar-refractivity contribution in [1.82, 2.24) is 9.78 Å². The summed E-state index contributed by atoms with van der Waals surface area (Å²) < 4.78 is 12.4. The van der Waals surface area contributed by atoms with Crippen molar-refractivity contribution in [3.63, 3.8) is 0 Å². The van der Waals surface area contributed by atoms with E-state index in [0.29, 0.717) is 36.2 Å². The van der Waals surface area contributed by atoms with Gasteiger partial charge in [0.1, 0.15) is 18.1 Å². The minimum absolute atomic E-state index is 0.00130. The highest BCUT2D eigenvalue weighted by Crippen LogP contribution is 2.26. The number of nitrogens with zero attached hydrogens (tertiary/aromatic N) is 2. The predicted octanol–water partition coefficient (Wildman–Crippen LogP) is 1.05. The number of aliphatic hydroxyl groups is 1. The van der Waals surface area contributed by atoms with E-state index < -0.39 is 0 Å². The zero-order valence-electron chi connectivity index (χ0n) is 10.7. The van der Waals surface area contributed by atoms with Crippen molar-refractivity contribution in [3.05, 3.63) is 36.0 Å². The summed E-state index contributed by atoms with van der Waals surface area (Å²) in [5, 5.41) is 13.1. The molecule has 1 heterocycles. The van der Waals surface area contributed by atoms with Crippen LogP contribution in [0.2, 0.25) is 0 Å². The minimum Gasteiger partial charge on any atom is -0.493 e. The van der Waals surface area contributed by atoms with Crippen LogP contribution in [-0.4, -0.2) is 28.6 Å². The van der Waals surface area contributed by atoms with Crippen molar-refractivity contribution in [2.45, 2.75) is 13.2 Å². The molecule has 0 spiro atoms. The summed E-state index contributed by atoms with van der Waals surface area (Å²) in [5.41, 5.74) is 6.47. The molecule has 0 bridgehead atoms. The van der Waals surface area contributed by atoms with Crippen LogP contribution in [-0.2, 0) is 13.2 Å². The lowest BCUT2D eigenvalue weighted by molar-refractivity contribution is 0.264. The molecule has 0 amide bonds. The molecule has 19 heavy (non-hydrogen) atoms. The van der Waals surface area contributed by atoms with E-state index in [0.717, 1.165) is 0 Å². The molecule has 6 nitrogen and oxygen atoms in total. The number of para-hydroxylation sites is 2. The second-order valence-corrected chi connectivity index (χ2v) is 3.95. The van der Waals surface area contributed by atoms with Crippen LogP contribution in [0.15, 0.2) is 30.3 Å². The largest absolute Gasteiger partial charge is 0.493 e. The number of anilines is 1.